The molecule has 8 nitrogen and oxygen atoms in total. The van der Waals surface area contributed by atoms with Crippen molar-refractivity contribution in [3.63, 3.8) is 0 Å². The molecule has 2 saturated heterocycles. The second-order valence-electron chi connectivity index (χ2n) is 5.29. The molecule has 2 aliphatic heterocycles. The van der Waals surface area contributed by atoms with Gasteiger partial charge in [0.25, 0.3) is 0 Å². The van der Waals surface area contributed by atoms with Gasteiger partial charge in [-0.3, -0.25) is 9.59 Å². The Morgan fingerprint density at radius 3 is 3.10 bits per heavy atom. The molecule has 3 N–H and O–H groups in total. The summed E-state index contributed by atoms with van der Waals surface area (Å²) in [7, 11) is 1.80. The Morgan fingerprint density at radius 1 is 1.71 bits per heavy atom. The topological polar surface area (TPSA) is 114 Å². The fraction of sp³-hybridized carbons (Fsp3) is 0.636. The number of carbonyl (C=O) groups excluding carboxylic acids is 1. The predicted octanol–water partition coefficient (Wildman–Crippen LogP) is -0.779. The monoisotopic (exact) mass is 329 g/mol. The van der Waals surface area contributed by atoms with Crippen LogP contribution >= 0.6 is 23.5 Å². The van der Waals surface area contributed by atoms with Crippen molar-refractivity contribution < 1.29 is 14.7 Å². The van der Waals surface area contributed by atoms with Crippen LogP contribution in [0.4, 0.5) is 0 Å². The summed E-state index contributed by atoms with van der Waals surface area (Å²) in [6.45, 7) is 0.206. The molecular formula is C11H15N5O3S2. The van der Waals surface area contributed by atoms with Crippen molar-refractivity contribution in [2.75, 3.05) is 18.1 Å². The second kappa shape index (κ2) is 5.18. The van der Waals surface area contributed by atoms with Gasteiger partial charge in [0.15, 0.2) is 5.16 Å². The quantitative estimate of drug-likeness (QED) is 0.546. The van der Waals surface area contributed by atoms with Crippen LogP contribution in [0.15, 0.2) is 11.5 Å². The van der Waals surface area contributed by atoms with Crippen LogP contribution < -0.4 is 5.73 Å². The lowest BCUT2D eigenvalue weighted by Gasteiger charge is -2.52. The third-order valence-electron chi connectivity index (χ3n) is 3.79. The molecule has 21 heavy (non-hydrogen) atoms. The first-order valence-corrected chi connectivity index (χ1v) is 8.36. The molecular weight excluding hydrogens is 314 g/mol. The smallest absolute Gasteiger partial charge is 0.313 e. The zero-order valence-corrected chi connectivity index (χ0v) is 12.9. The number of carboxylic acid groups (broad SMARTS) is 1. The van der Waals surface area contributed by atoms with Crippen molar-refractivity contribution >= 4 is 35.4 Å². The SMILES string of the molecule is Cn1cnnc1SCC1(C(=O)O)CS[C@@H]2C(N)C(=O)N2C1. The lowest BCUT2D eigenvalue weighted by atomic mass is 9.89. The third-order valence-corrected chi connectivity index (χ3v) is 6.72. The first-order chi connectivity index (χ1) is 9.94. The van der Waals surface area contributed by atoms with E-state index in [4.69, 9.17) is 5.73 Å². The van der Waals surface area contributed by atoms with E-state index in [0.717, 1.165) is 0 Å². The Labute approximate surface area is 129 Å². The number of hydrogen-bond donors (Lipinski definition) is 2. The van der Waals surface area contributed by atoms with Gasteiger partial charge in [0.2, 0.25) is 5.91 Å². The maximum absolute atomic E-state index is 11.8. The summed E-state index contributed by atoms with van der Waals surface area (Å²) in [5.41, 5.74) is 4.75. The molecule has 3 rings (SSSR count). The minimum Gasteiger partial charge on any atom is -0.481 e. The minimum atomic E-state index is -0.979. The van der Waals surface area contributed by atoms with Gasteiger partial charge in [-0.25, -0.2) is 0 Å². The highest BCUT2D eigenvalue weighted by atomic mass is 32.2. The van der Waals surface area contributed by atoms with Crippen LogP contribution in [0.5, 0.6) is 0 Å². The van der Waals surface area contributed by atoms with Gasteiger partial charge in [-0.15, -0.1) is 22.0 Å². The molecule has 3 atom stereocenters. The van der Waals surface area contributed by atoms with E-state index < -0.39 is 17.4 Å². The molecule has 0 radical (unpaired) electrons. The van der Waals surface area contributed by atoms with Gasteiger partial charge in [0.1, 0.15) is 23.2 Å². The molecule has 10 heteroatoms. The van der Waals surface area contributed by atoms with Gasteiger partial charge in [-0.2, -0.15) is 0 Å². The number of β-lactam (4-membered cyclic amide) rings is 1. The molecule has 2 fully saturated rings. The molecule has 0 saturated carbocycles. The van der Waals surface area contributed by atoms with E-state index in [0.29, 0.717) is 16.7 Å². The molecule has 0 aromatic carbocycles. The van der Waals surface area contributed by atoms with Crippen LogP contribution in [0, 0.1) is 5.41 Å². The maximum Gasteiger partial charge on any atom is 0.313 e. The van der Waals surface area contributed by atoms with E-state index in [1.165, 1.54) is 23.5 Å². The summed E-state index contributed by atoms with van der Waals surface area (Å²) >= 11 is 2.79. The minimum absolute atomic E-state index is 0.0789. The van der Waals surface area contributed by atoms with Crippen LogP contribution in [0.1, 0.15) is 0 Å². The van der Waals surface area contributed by atoms with Crippen molar-refractivity contribution in [2.45, 2.75) is 16.6 Å². The number of thioether (sulfide) groups is 2. The van der Waals surface area contributed by atoms with Gasteiger partial charge in [-0.1, -0.05) is 11.8 Å². The molecule has 2 unspecified atom stereocenters. The molecule has 3 heterocycles. The lowest BCUT2D eigenvalue weighted by molar-refractivity contribution is -0.155. The highest BCUT2D eigenvalue weighted by molar-refractivity contribution is 8.00. The molecule has 114 valence electrons. The van der Waals surface area contributed by atoms with Crippen LogP contribution in [-0.4, -0.2) is 66.1 Å². The van der Waals surface area contributed by atoms with E-state index in [9.17, 15) is 14.7 Å². The molecule has 0 spiro atoms. The van der Waals surface area contributed by atoms with E-state index in [1.54, 1.807) is 22.8 Å². The summed E-state index contributed by atoms with van der Waals surface area (Å²) in [4.78, 5) is 25.1. The summed E-state index contributed by atoms with van der Waals surface area (Å²) in [5.74, 6) is -0.277. The van der Waals surface area contributed by atoms with Gasteiger partial charge >= 0.3 is 5.97 Å². The van der Waals surface area contributed by atoms with Crippen molar-refractivity contribution in [2.24, 2.45) is 18.2 Å². The standard InChI is InChI=1S/C11H15N5O3S2/c1-15-5-13-14-10(15)21-4-11(9(18)19)2-16-7(17)6(12)8(16)20-3-11/h5-6,8H,2-4,12H2,1H3,(H,18,19)/t6?,8-,11?/m1/s1. The van der Waals surface area contributed by atoms with Crippen molar-refractivity contribution in [3.8, 4) is 0 Å². The number of rotatable bonds is 4. The first-order valence-electron chi connectivity index (χ1n) is 6.32. The van der Waals surface area contributed by atoms with Crippen molar-refractivity contribution in [1.29, 1.82) is 0 Å². The van der Waals surface area contributed by atoms with Crippen molar-refractivity contribution in [1.82, 2.24) is 19.7 Å². The average Bonchev–Trinajstić information content (AvgIpc) is 2.89. The number of carbonyl (C=O) groups is 2. The highest BCUT2D eigenvalue weighted by Gasteiger charge is 2.55. The molecule has 1 aromatic rings. The van der Waals surface area contributed by atoms with E-state index >= 15 is 0 Å². The largest absolute Gasteiger partial charge is 0.481 e. The summed E-state index contributed by atoms with van der Waals surface area (Å²) < 4.78 is 1.74. The highest BCUT2D eigenvalue weighted by Crippen LogP contribution is 2.43. The van der Waals surface area contributed by atoms with E-state index in [1.807, 2.05) is 0 Å². The zero-order valence-electron chi connectivity index (χ0n) is 11.3. The Morgan fingerprint density at radius 2 is 2.48 bits per heavy atom. The summed E-state index contributed by atoms with van der Waals surface area (Å²) in [6, 6.07) is -0.492. The summed E-state index contributed by atoms with van der Waals surface area (Å²) in [6.07, 6.45) is 1.57. The number of carboxylic acids is 1. The van der Waals surface area contributed by atoms with E-state index in [2.05, 4.69) is 10.2 Å². The number of aryl methyl sites for hydroxylation is 1. The molecule has 0 aliphatic carbocycles. The van der Waals surface area contributed by atoms with Gasteiger partial charge in [0, 0.05) is 25.1 Å². The van der Waals surface area contributed by atoms with Gasteiger partial charge in [-0.05, 0) is 0 Å². The molecule has 1 aromatic heterocycles. The maximum atomic E-state index is 11.8. The first kappa shape index (κ1) is 14.7. The Bertz CT molecular complexity index is 594. The molecule has 2 aliphatic rings. The Hall–Kier alpha value is -1.26. The number of nitrogens with two attached hydrogens (primary N) is 1. The Balaban J connectivity index is 1.74. The van der Waals surface area contributed by atoms with Crippen LogP contribution in [0.25, 0.3) is 0 Å². The predicted molar refractivity (Wildman–Crippen MR) is 77.7 cm³/mol. The second-order valence-corrected chi connectivity index (χ2v) is 7.34. The van der Waals surface area contributed by atoms with Gasteiger partial charge in [0.05, 0.1) is 0 Å². The lowest BCUT2D eigenvalue weighted by Crippen LogP contribution is -2.72. The fourth-order valence-electron chi connectivity index (χ4n) is 2.41. The van der Waals surface area contributed by atoms with Crippen molar-refractivity contribution in [3.05, 3.63) is 6.33 Å². The van der Waals surface area contributed by atoms with Crippen LogP contribution in [0.2, 0.25) is 0 Å². The normalized spacial score (nSPS) is 31.7. The average molecular weight is 329 g/mol. The Kier molecular flexibility index (Phi) is 3.62. The number of aromatic nitrogens is 3. The summed E-state index contributed by atoms with van der Waals surface area (Å²) in [5, 5.41) is 17.9. The third kappa shape index (κ3) is 2.30. The number of nitrogens with zero attached hydrogens (tertiary/aromatic N) is 4. The van der Waals surface area contributed by atoms with E-state index in [-0.39, 0.29) is 17.8 Å². The van der Waals surface area contributed by atoms with Crippen LogP contribution in [0.3, 0.4) is 0 Å². The van der Waals surface area contributed by atoms with Crippen LogP contribution in [-0.2, 0) is 16.6 Å². The fourth-order valence-corrected chi connectivity index (χ4v) is 5.11. The zero-order chi connectivity index (χ0) is 15.2. The molecule has 1 amide bonds. The number of fused-ring (bicyclic) bond motifs is 1. The van der Waals surface area contributed by atoms with Gasteiger partial charge < -0.3 is 20.3 Å². The molecule has 0 bridgehead atoms. The number of amides is 1. The number of aliphatic carboxylic acids is 1. The number of hydrogen-bond acceptors (Lipinski definition) is 7.